The van der Waals surface area contributed by atoms with E-state index in [1.54, 1.807) is 28.8 Å². The van der Waals surface area contributed by atoms with Gasteiger partial charge in [0.05, 0.1) is 33.9 Å². The Morgan fingerprint density at radius 2 is 2.00 bits per heavy atom. The fraction of sp³-hybridized carbons (Fsp3) is 0.385. The van der Waals surface area contributed by atoms with Crippen molar-refractivity contribution in [2.75, 3.05) is 20.2 Å². The normalized spacial score (nSPS) is 14.8. The molecule has 4 heterocycles. The molecule has 10 nitrogen and oxygen atoms in total. The second kappa shape index (κ2) is 11.1. The fourth-order valence-corrected chi connectivity index (χ4v) is 5.56. The van der Waals surface area contributed by atoms with Gasteiger partial charge in [-0.05, 0) is 51.0 Å². The Balaban J connectivity index is 1.43. The Kier molecular flexibility index (Phi) is 7.68. The monoisotopic (exact) mass is 557 g/mol. The van der Waals surface area contributed by atoms with Crippen LogP contribution in [0.1, 0.15) is 43.0 Å². The van der Waals surface area contributed by atoms with E-state index >= 15 is 0 Å². The molecule has 12 heteroatoms. The second-order valence-electron chi connectivity index (χ2n) is 9.39. The van der Waals surface area contributed by atoms with Crippen molar-refractivity contribution in [1.29, 1.82) is 0 Å². The van der Waals surface area contributed by atoms with E-state index in [2.05, 4.69) is 38.9 Å². The number of nitrogens with one attached hydrogen (secondary N) is 1. The summed E-state index contributed by atoms with van der Waals surface area (Å²) in [7, 11) is 1.24. The van der Waals surface area contributed by atoms with Crippen LogP contribution in [0, 0.1) is 0 Å². The van der Waals surface area contributed by atoms with Crippen LogP contribution in [0.25, 0.3) is 21.7 Å². The molecule has 0 saturated carbocycles. The van der Waals surface area contributed by atoms with Crippen molar-refractivity contribution in [1.82, 2.24) is 24.9 Å². The molecule has 0 spiro atoms. The number of rotatable bonds is 7. The molecule has 1 fully saturated rings. The second-order valence-corrected chi connectivity index (χ2v) is 11.1. The third-order valence-corrected chi connectivity index (χ3v) is 7.83. The number of likely N-dealkylation sites (tertiary alicyclic amines) is 1. The molecule has 0 atom stereocenters. The van der Waals surface area contributed by atoms with Gasteiger partial charge < -0.3 is 28.8 Å². The van der Waals surface area contributed by atoms with Gasteiger partial charge in [-0.1, -0.05) is 16.8 Å². The average Bonchev–Trinajstić information content (AvgIpc) is 3.63. The van der Waals surface area contributed by atoms with Gasteiger partial charge in [-0.3, -0.25) is 4.79 Å². The van der Waals surface area contributed by atoms with Gasteiger partial charge in [0.2, 0.25) is 0 Å². The first-order chi connectivity index (χ1) is 18.3. The third kappa shape index (κ3) is 5.69. The zero-order valence-electron chi connectivity index (χ0n) is 21.3. The summed E-state index contributed by atoms with van der Waals surface area (Å²) < 4.78 is 17.7. The first-order valence-electron chi connectivity index (χ1n) is 12.3. The van der Waals surface area contributed by atoms with Crippen LogP contribution in [0.2, 0.25) is 4.34 Å². The van der Waals surface area contributed by atoms with Crippen LogP contribution < -0.4 is 10.1 Å². The van der Waals surface area contributed by atoms with E-state index in [1.165, 1.54) is 18.4 Å². The molecule has 1 aliphatic heterocycles. The quantitative estimate of drug-likeness (QED) is 0.244. The number of hydrogen-bond acceptors (Lipinski definition) is 9. The highest BCUT2D eigenvalue weighted by Gasteiger charge is 2.26. The number of piperidine rings is 1. The number of hydrogen-bond donors (Lipinski definition) is 1. The highest BCUT2D eigenvalue weighted by atomic mass is 35.5. The summed E-state index contributed by atoms with van der Waals surface area (Å²) in [5, 5.41) is 7.37. The molecule has 1 aromatic carbocycles. The predicted octanol–water partition coefficient (Wildman–Crippen LogP) is 5.20. The first kappa shape index (κ1) is 26.2. The van der Waals surface area contributed by atoms with Crippen LogP contribution in [0.3, 0.4) is 0 Å². The van der Waals surface area contributed by atoms with Crippen molar-refractivity contribution in [2.24, 2.45) is 0 Å². The highest BCUT2D eigenvalue weighted by molar-refractivity contribution is 7.19. The van der Waals surface area contributed by atoms with Crippen molar-refractivity contribution in [3.8, 4) is 16.4 Å². The summed E-state index contributed by atoms with van der Waals surface area (Å²) in [5.74, 6) is 0.830. The number of methoxy groups -OCH3 is 1. The third-order valence-electron chi connectivity index (χ3n) is 6.58. The fourth-order valence-electron chi connectivity index (χ4n) is 4.57. The van der Waals surface area contributed by atoms with Crippen molar-refractivity contribution >= 4 is 46.0 Å². The number of thiophene rings is 1. The number of ether oxygens (including phenoxy) is 2. The largest absolute Gasteiger partial charge is 0.513 e. The molecule has 0 radical (unpaired) electrons. The Morgan fingerprint density at radius 3 is 2.68 bits per heavy atom. The van der Waals surface area contributed by atoms with Crippen molar-refractivity contribution < 1.29 is 23.6 Å². The molecule has 5 rings (SSSR count). The number of carbonyl (C=O) groups excluding carboxylic acids is 2. The van der Waals surface area contributed by atoms with Gasteiger partial charge in [0.25, 0.3) is 5.91 Å². The Labute approximate surface area is 228 Å². The van der Waals surface area contributed by atoms with Crippen LogP contribution >= 0.6 is 22.9 Å². The Hall–Kier alpha value is -3.41. The molecule has 1 aliphatic rings. The SMILES string of the molecule is COC(=O)Oc1ccc2c(c1)nc(C(=O)NC1CCN(C(C)C)CC1)n2Cc1cc(-c2ccc(Cl)s2)on1. The summed E-state index contributed by atoms with van der Waals surface area (Å²) in [6.45, 7) is 6.48. The molecule has 1 N–H and O–H groups in total. The number of nitrogens with zero attached hydrogens (tertiary/aromatic N) is 4. The van der Waals surface area contributed by atoms with Crippen molar-refractivity contribution in [2.45, 2.75) is 45.3 Å². The maximum atomic E-state index is 13.5. The molecule has 38 heavy (non-hydrogen) atoms. The van der Waals surface area contributed by atoms with Gasteiger partial charge in [-0.15, -0.1) is 11.3 Å². The summed E-state index contributed by atoms with van der Waals surface area (Å²) in [5.41, 5.74) is 1.81. The lowest BCUT2D eigenvalue weighted by molar-refractivity contribution is 0.0886. The highest BCUT2D eigenvalue weighted by Crippen LogP contribution is 2.32. The molecule has 0 bridgehead atoms. The van der Waals surface area contributed by atoms with E-state index in [-0.39, 0.29) is 30.1 Å². The number of halogens is 1. The van der Waals surface area contributed by atoms with E-state index in [0.29, 0.717) is 32.9 Å². The average molecular weight is 558 g/mol. The molecule has 200 valence electrons. The van der Waals surface area contributed by atoms with Gasteiger partial charge in [0.15, 0.2) is 11.6 Å². The van der Waals surface area contributed by atoms with E-state index in [0.717, 1.165) is 30.8 Å². The number of amides is 1. The van der Waals surface area contributed by atoms with E-state index in [9.17, 15) is 9.59 Å². The topological polar surface area (TPSA) is 112 Å². The van der Waals surface area contributed by atoms with Gasteiger partial charge in [0, 0.05) is 37.3 Å². The van der Waals surface area contributed by atoms with Crippen LogP contribution in [0.5, 0.6) is 5.75 Å². The van der Waals surface area contributed by atoms with Gasteiger partial charge in [-0.2, -0.15) is 0 Å². The predicted molar refractivity (Wildman–Crippen MR) is 144 cm³/mol. The lowest BCUT2D eigenvalue weighted by Crippen LogP contribution is -2.47. The Bertz CT molecular complexity index is 1450. The molecule has 1 amide bonds. The van der Waals surface area contributed by atoms with Gasteiger partial charge in [-0.25, -0.2) is 9.78 Å². The molecule has 1 saturated heterocycles. The summed E-state index contributed by atoms with van der Waals surface area (Å²) in [6.07, 6.45) is 0.910. The minimum atomic E-state index is -0.835. The zero-order valence-corrected chi connectivity index (χ0v) is 22.8. The standard InChI is InChI=1S/C26H28ClN5O5S/c1-15(2)31-10-8-16(9-11-31)28-25(33)24-29-19-13-18(36-26(34)35-3)4-5-20(19)32(24)14-17-12-21(37-30-17)22-6-7-23(27)38-22/h4-7,12-13,15-16H,8-11,14H2,1-3H3,(H,28,33). The number of benzene rings is 1. The van der Waals surface area contributed by atoms with E-state index < -0.39 is 6.16 Å². The van der Waals surface area contributed by atoms with Crippen LogP contribution in [0.4, 0.5) is 4.79 Å². The smallest absolute Gasteiger partial charge is 0.437 e. The van der Waals surface area contributed by atoms with E-state index in [4.69, 9.17) is 20.9 Å². The summed E-state index contributed by atoms with van der Waals surface area (Å²) in [6, 6.07) is 11.0. The molecule has 0 unspecified atom stereocenters. The molecular formula is C26H28ClN5O5S. The van der Waals surface area contributed by atoms with Gasteiger partial charge in [0.1, 0.15) is 11.4 Å². The number of fused-ring (bicyclic) bond motifs is 1. The first-order valence-corrected chi connectivity index (χ1v) is 13.5. The maximum absolute atomic E-state index is 13.5. The number of aromatic nitrogens is 3. The number of imidazole rings is 1. The summed E-state index contributed by atoms with van der Waals surface area (Å²) in [4.78, 5) is 32.9. The van der Waals surface area contributed by atoms with Crippen LogP contribution in [0.15, 0.2) is 40.9 Å². The lowest BCUT2D eigenvalue weighted by Gasteiger charge is -2.34. The number of carbonyl (C=O) groups is 2. The molecular weight excluding hydrogens is 530 g/mol. The maximum Gasteiger partial charge on any atom is 0.513 e. The van der Waals surface area contributed by atoms with Crippen LogP contribution in [-0.4, -0.2) is 64.0 Å². The lowest BCUT2D eigenvalue weighted by atomic mass is 10.0. The van der Waals surface area contributed by atoms with E-state index in [1.807, 2.05) is 12.1 Å². The van der Waals surface area contributed by atoms with Crippen molar-refractivity contribution in [3.05, 3.63) is 52.3 Å². The van der Waals surface area contributed by atoms with Gasteiger partial charge >= 0.3 is 6.16 Å². The Morgan fingerprint density at radius 1 is 1.21 bits per heavy atom. The minimum Gasteiger partial charge on any atom is -0.437 e. The summed E-state index contributed by atoms with van der Waals surface area (Å²) >= 11 is 7.46. The zero-order chi connectivity index (χ0) is 26.8. The van der Waals surface area contributed by atoms with Crippen molar-refractivity contribution in [3.63, 3.8) is 0 Å². The molecule has 3 aromatic heterocycles. The molecule has 0 aliphatic carbocycles. The molecule has 4 aromatic rings. The van der Waals surface area contributed by atoms with Crippen LogP contribution in [-0.2, 0) is 11.3 Å². The minimum absolute atomic E-state index is 0.0613.